The van der Waals surface area contributed by atoms with E-state index in [1.807, 2.05) is 12.1 Å². The summed E-state index contributed by atoms with van der Waals surface area (Å²) in [5.74, 6) is -1.09. The minimum atomic E-state index is -1.27. The van der Waals surface area contributed by atoms with E-state index in [1.165, 1.54) is 28.1 Å². The molecule has 1 aliphatic carbocycles. The van der Waals surface area contributed by atoms with Gasteiger partial charge in [0.2, 0.25) is 5.91 Å². The molecule has 4 aromatic rings. The summed E-state index contributed by atoms with van der Waals surface area (Å²) < 4.78 is 9.34. The van der Waals surface area contributed by atoms with Gasteiger partial charge in [-0.05, 0) is 98.4 Å². The molecule has 3 heterocycles. The molecule has 0 radical (unpaired) electrons. The number of fused-ring (bicyclic) bond motifs is 2. The summed E-state index contributed by atoms with van der Waals surface area (Å²) in [4.78, 5) is 78.6. The third kappa shape index (κ3) is 8.38. The number of Topliss-reactive ketones (excluding diaryl/α,β-unsaturated/α-hetero) is 2. The van der Waals surface area contributed by atoms with Gasteiger partial charge in [-0.15, -0.1) is 0 Å². The van der Waals surface area contributed by atoms with Gasteiger partial charge in [0.25, 0.3) is 0 Å². The number of imidazole rings is 1. The fourth-order valence-electron chi connectivity index (χ4n) is 8.71. The van der Waals surface area contributed by atoms with Crippen LogP contribution in [0.2, 0.25) is 0 Å². The molecule has 4 N–H and O–H groups in total. The van der Waals surface area contributed by atoms with Crippen LogP contribution in [0.1, 0.15) is 76.1 Å². The molecule has 1 saturated carbocycles. The summed E-state index contributed by atoms with van der Waals surface area (Å²) in [6.07, 6.45) is 3.51. The number of nitrogens with one attached hydrogen (secondary N) is 3. The first-order valence-corrected chi connectivity index (χ1v) is 20.0. The van der Waals surface area contributed by atoms with Gasteiger partial charge in [-0.25, -0.2) is 14.6 Å². The van der Waals surface area contributed by atoms with E-state index >= 15 is 0 Å². The standard InChI is InChI=1S/C44H50N6O8/c1-24(51)38(48-43(55)57-3)40(53)31-8-5-6-9-32(31)41-46-33-19-18-30(23-36(33)47-41)27-13-11-26(12-14-27)29-16-15-28-17-20-34(45-35(28)22-29)37-10-7-21-50(37)42(54)39(25(2)52)49-44(56)58-4/h11-16,18-19,22-23,25,31-32,37-39,52H,5-10,17,20-21H2,1-4H3,(H,46,47)(H,48,55)(H,49,56). The summed E-state index contributed by atoms with van der Waals surface area (Å²) in [6.45, 7) is 3.29. The number of aryl methyl sites for hydroxylation is 1. The van der Waals surface area contributed by atoms with Crippen molar-refractivity contribution < 1.29 is 38.6 Å². The van der Waals surface area contributed by atoms with Gasteiger partial charge in [0, 0.05) is 24.1 Å². The van der Waals surface area contributed by atoms with Gasteiger partial charge in [-0.1, -0.05) is 55.3 Å². The maximum Gasteiger partial charge on any atom is 0.407 e. The number of benzene rings is 3. The molecular formula is C44H50N6O8. The number of hydrogen-bond acceptors (Lipinski definition) is 10. The third-order valence-corrected chi connectivity index (χ3v) is 11.8. The van der Waals surface area contributed by atoms with Crippen molar-refractivity contribution in [2.75, 3.05) is 20.8 Å². The van der Waals surface area contributed by atoms with E-state index in [4.69, 9.17) is 9.98 Å². The van der Waals surface area contributed by atoms with Crippen LogP contribution in [-0.4, -0.2) is 100 Å². The molecule has 1 saturated heterocycles. The summed E-state index contributed by atoms with van der Waals surface area (Å²) in [5.41, 5.74) is 8.63. The Bertz CT molecular complexity index is 2250. The number of H-pyrrole nitrogens is 1. The first kappa shape index (κ1) is 40.3. The summed E-state index contributed by atoms with van der Waals surface area (Å²) in [7, 11) is 2.42. The smallest absolute Gasteiger partial charge is 0.407 e. The van der Waals surface area contributed by atoms with Crippen LogP contribution in [0.4, 0.5) is 15.3 Å². The van der Waals surface area contributed by atoms with Crippen molar-refractivity contribution in [3.8, 4) is 22.3 Å². The van der Waals surface area contributed by atoms with Crippen LogP contribution in [0.25, 0.3) is 33.3 Å². The highest BCUT2D eigenvalue weighted by atomic mass is 16.5. The number of nitrogens with zero attached hydrogens (tertiary/aromatic N) is 3. The topological polar surface area (TPSA) is 192 Å². The number of alkyl carbamates (subject to hydrolysis) is 2. The summed E-state index contributed by atoms with van der Waals surface area (Å²) >= 11 is 0. The number of aliphatic hydroxyl groups excluding tert-OH is 1. The van der Waals surface area contributed by atoms with Gasteiger partial charge in [-0.2, -0.15) is 0 Å². The molecule has 304 valence electrons. The molecule has 2 fully saturated rings. The second kappa shape index (κ2) is 17.3. The maximum atomic E-state index is 13.6. The number of carbonyl (C=O) groups is 5. The highest BCUT2D eigenvalue weighted by molar-refractivity contribution is 6.08. The minimum absolute atomic E-state index is 0.214. The second-order valence-electron chi connectivity index (χ2n) is 15.5. The van der Waals surface area contributed by atoms with Crippen molar-refractivity contribution in [2.24, 2.45) is 10.9 Å². The molecular weight excluding hydrogens is 741 g/mol. The van der Waals surface area contributed by atoms with Gasteiger partial charge in [0.15, 0.2) is 11.6 Å². The quantitative estimate of drug-likeness (QED) is 0.129. The number of amides is 3. The van der Waals surface area contributed by atoms with Crippen LogP contribution in [0.15, 0.2) is 65.7 Å². The summed E-state index contributed by atoms with van der Waals surface area (Å²) in [5, 5.41) is 15.2. The average molecular weight is 791 g/mol. The number of aromatic nitrogens is 2. The van der Waals surface area contributed by atoms with Gasteiger partial charge in [-0.3, -0.25) is 19.4 Å². The molecule has 2 aliphatic heterocycles. The van der Waals surface area contributed by atoms with Gasteiger partial charge in [0.1, 0.15) is 17.9 Å². The number of carbonyl (C=O) groups excluding carboxylic acids is 5. The van der Waals surface area contributed by atoms with Crippen LogP contribution < -0.4 is 10.6 Å². The number of ketones is 2. The van der Waals surface area contributed by atoms with Crippen molar-refractivity contribution in [2.45, 2.75) is 95.4 Å². The van der Waals surface area contributed by atoms with Crippen molar-refractivity contribution in [1.29, 1.82) is 0 Å². The van der Waals surface area contributed by atoms with Gasteiger partial charge >= 0.3 is 12.2 Å². The molecule has 3 aliphatic rings. The Balaban J connectivity index is 1.07. The predicted octanol–water partition coefficient (Wildman–Crippen LogP) is 6.17. The SMILES string of the molecule is COC(=O)NC(C(C)=O)C(=O)C1CCCCC1c1nc2ccc(-c3ccc(-c4ccc5c(c4)N=C(C4CCCN4C(=O)C(NC(=O)OC)C(C)O)CC5)cc3)cc2[nH]1. The Morgan fingerprint density at radius 2 is 1.48 bits per heavy atom. The molecule has 3 amide bonds. The Morgan fingerprint density at radius 1 is 0.828 bits per heavy atom. The number of aliphatic hydroxyl groups is 1. The lowest BCUT2D eigenvalue weighted by Gasteiger charge is -2.32. The lowest BCUT2D eigenvalue weighted by molar-refractivity contribution is -0.136. The fraction of sp³-hybridized carbons (Fsp3) is 0.432. The van der Waals surface area contributed by atoms with Crippen molar-refractivity contribution in [3.63, 3.8) is 0 Å². The molecule has 6 unspecified atom stereocenters. The lowest BCUT2D eigenvalue weighted by atomic mass is 9.74. The van der Waals surface area contributed by atoms with E-state index in [9.17, 15) is 29.1 Å². The molecule has 14 heteroatoms. The van der Waals surface area contributed by atoms with E-state index in [0.717, 1.165) is 95.2 Å². The summed E-state index contributed by atoms with van der Waals surface area (Å²) in [6, 6.07) is 18.1. The van der Waals surface area contributed by atoms with Crippen LogP contribution in [0.5, 0.6) is 0 Å². The normalized spacial score (nSPS) is 20.6. The Labute approximate surface area is 336 Å². The highest BCUT2D eigenvalue weighted by Crippen LogP contribution is 2.39. The van der Waals surface area contributed by atoms with Crippen molar-refractivity contribution in [3.05, 3.63) is 72.1 Å². The molecule has 1 aromatic heterocycles. The lowest BCUT2D eigenvalue weighted by Crippen LogP contribution is -2.55. The van der Waals surface area contributed by atoms with Crippen LogP contribution in [0.3, 0.4) is 0 Å². The van der Waals surface area contributed by atoms with Crippen molar-refractivity contribution >= 4 is 52.1 Å². The largest absolute Gasteiger partial charge is 0.453 e. The zero-order valence-electron chi connectivity index (χ0n) is 33.2. The number of hydrogen-bond donors (Lipinski definition) is 4. The van der Waals surface area contributed by atoms with Crippen molar-refractivity contribution in [1.82, 2.24) is 25.5 Å². The van der Waals surface area contributed by atoms with E-state index in [-0.39, 0.29) is 23.7 Å². The molecule has 6 atom stereocenters. The number of aliphatic imine (C=N–C) groups is 1. The number of methoxy groups -OCH3 is 2. The average Bonchev–Trinajstić information content (AvgIpc) is 3.91. The molecule has 0 bridgehead atoms. The number of likely N-dealkylation sites (tertiary alicyclic amines) is 1. The van der Waals surface area contributed by atoms with E-state index < -0.39 is 42.1 Å². The zero-order valence-corrected chi connectivity index (χ0v) is 33.2. The predicted molar refractivity (Wildman–Crippen MR) is 218 cm³/mol. The van der Waals surface area contributed by atoms with Gasteiger partial charge in [0.05, 0.1) is 43.1 Å². The van der Waals surface area contributed by atoms with E-state index in [0.29, 0.717) is 18.8 Å². The number of rotatable bonds is 11. The zero-order chi connectivity index (χ0) is 41.1. The third-order valence-electron chi connectivity index (χ3n) is 11.8. The fourth-order valence-corrected chi connectivity index (χ4v) is 8.71. The number of ether oxygens (including phenoxy) is 2. The van der Waals surface area contributed by atoms with Gasteiger partial charge < -0.3 is 35.1 Å². The monoisotopic (exact) mass is 790 g/mol. The Hall–Kier alpha value is -5.89. The molecule has 58 heavy (non-hydrogen) atoms. The van der Waals surface area contributed by atoms with Crippen LogP contribution in [0, 0.1) is 5.92 Å². The Kier molecular flexibility index (Phi) is 12.0. The highest BCUT2D eigenvalue weighted by Gasteiger charge is 2.40. The first-order valence-electron chi connectivity index (χ1n) is 20.0. The molecule has 14 nitrogen and oxygen atoms in total. The van der Waals surface area contributed by atoms with Crippen LogP contribution in [-0.2, 0) is 30.3 Å². The molecule has 3 aromatic carbocycles. The maximum absolute atomic E-state index is 13.6. The van der Waals surface area contributed by atoms with E-state index in [1.54, 1.807) is 4.90 Å². The molecule has 7 rings (SSSR count). The van der Waals surface area contributed by atoms with Crippen LogP contribution >= 0.6 is 0 Å². The molecule has 0 spiro atoms. The first-order chi connectivity index (χ1) is 27.9. The number of aromatic amines is 1. The van der Waals surface area contributed by atoms with E-state index in [2.05, 4.69) is 73.6 Å². The second-order valence-corrected chi connectivity index (χ2v) is 15.5. The Morgan fingerprint density at radius 3 is 2.17 bits per heavy atom. The minimum Gasteiger partial charge on any atom is -0.453 e.